The van der Waals surface area contributed by atoms with E-state index in [-0.39, 0.29) is 18.0 Å². The number of furan rings is 1. The van der Waals surface area contributed by atoms with Gasteiger partial charge in [-0.3, -0.25) is 4.79 Å². The summed E-state index contributed by atoms with van der Waals surface area (Å²) in [6.45, 7) is 1.72. The highest BCUT2D eigenvalue weighted by molar-refractivity contribution is 6.04. The van der Waals surface area contributed by atoms with Crippen molar-refractivity contribution in [2.45, 2.75) is 18.9 Å². The highest BCUT2D eigenvalue weighted by Crippen LogP contribution is 2.16. The van der Waals surface area contributed by atoms with E-state index in [0.717, 1.165) is 25.9 Å². The van der Waals surface area contributed by atoms with E-state index in [4.69, 9.17) is 9.15 Å². The lowest BCUT2D eigenvalue weighted by atomic mass is 10.1. The second-order valence-electron chi connectivity index (χ2n) is 5.40. The van der Waals surface area contributed by atoms with Crippen LogP contribution in [0.3, 0.4) is 0 Å². The Kier molecular flexibility index (Phi) is 4.73. The van der Waals surface area contributed by atoms with E-state index >= 15 is 0 Å². The summed E-state index contributed by atoms with van der Waals surface area (Å²) >= 11 is 0. The van der Waals surface area contributed by atoms with Gasteiger partial charge in [-0.15, -0.1) is 0 Å². The minimum atomic E-state index is -0.365. The Morgan fingerprint density at radius 3 is 2.74 bits per heavy atom. The number of anilines is 1. The summed E-state index contributed by atoms with van der Waals surface area (Å²) < 4.78 is 10.4. The number of hydrogen-bond donors (Lipinski definition) is 2. The molecule has 6 nitrogen and oxygen atoms in total. The first kappa shape index (κ1) is 15.3. The van der Waals surface area contributed by atoms with Gasteiger partial charge in [-0.1, -0.05) is 6.07 Å². The van der Waals surface area contributed by atoms with Crippen molar-refractivity contribution in [1.82, 2.24) is 5.32 Å². The Bertz CT molecular complexity index is 676. The Labute approximate surface area is 133 Å². The molecule has 0 radical (unpaired) electrons. The maximum Gasteiger partial charge on any atom is 0.338 e. The SMILES string of the molecule is O=C(Nc1cccc(C(=O)OC2CCNCC2)c1)c1ccoc1. The molecule has 1 fully saturated rings. The number of carbonyl (C=O) groups excluding carboxylic acids is 2. The van der Waals surface area contributed by atoms with Gasteiger partial charge in [0.25, 0.3) is 5.91 Å². The number of carbonyl (C=O) groups is 2. The van der Waals surface area contributed by atoms with Gasteiger partial charge in [0.15, 0.2) is 0 Å². The molecule has 2 heterocycles. The Hall–Kier alpha value is -2.60. The van der Waals surface area contributed by atoms with E-state index < -0.39 is 0 Å². The minimum Gasteiger partial charge on any atom is -0.472 e. The second-order valence-corrected chi connectivity index (χ2v) is 5.40. The van der Waals surface area contributed by atoms with Crippen LogP contribution in [0.1, 0.15) is 33.6 Å². The quantitative estimate of drug-likeness (QED) is 0.847. The number of amides is 1. The van der Waals surface area contributed by atoms with E-state index in [1.807, 2.05) is 0 Å². The monoisotopic (exact) mass is 314 g/mol. The van der Waals surface area contributed by atoms with Gasteiger partial charge in [0.05, 0.1) is 17.4 Å². The van der Waals surface area contributed by atoms with E-state index in [2.05, 4.69) is 10.6 Å². The maximum atomic E-state index is 12.2. The van der Waals surface area contributed by atoms with Crippen LogP contribution in [0.15, 0.2) is 47.3 Å². The third kappa shape index (κ3) is 3.98. The third-order valence-electron chi connectivity index (χ3n) is 3.70. The molecule has 6 heteroatoms. The summed E-state index contributed by atoms with van der Waals surface area (Å²) in [7, 11) is 0. The largest absolute Gasteiger partial charge is 0.472 e. The summed E-state index contributed by atoms with van der Waals surface area (Å²) in [6.07, 6.45) is 4.39. The van der Waals surface area contributed by atoms with Crippen LogP contribution in [0.4, 0.5) is 5.69 Å². The first-order valence-electron chi connectivity index (χ1n) is 7.58. The number of piperidine rings is 1. The molecule has 2 aromatic rings. The van der Waals surface area contributed by atoms with Crippen molar-refractivity contribution in [1.29, 1.82) is 0 Å². The zero-order valence-electron chi connectivity index (χ0n) is 12.6. The molecule has 1 saturated heterocycles. The highest BCUT2D eigenvalue weighted by atomic mass is 16.5. The molecule has 0 unspecified atom stereocenters. The number of ether oxygens (including phenoxy) is 1. The molecular weight excluding hydrogens is 296 g/mol. The first-order chi connectivity index (χ1) is 11.2. The van der Waals surface area contributed by atoms with Gasteiger partial charge in [-0.05, 0) is 50.2 Å². The minimum absolute atomic E-state index is 0.0482. The molecule has 23 heavy (non-hydrogen) atoms. The van der Waals surface area contributed by atoms with Crippen LogP contribution in [-0.4, -0.2) is 31.1 Å². The van der Waals surface area contributed by atoms with Gasteiger partial charge < -0.3 is 19.8 Å². The number of hydrogen-bond acceptors (Lipinski definition) is 5. The van der Waals surface area contributed by atoms with Crippen LogP contribution in [0.2, 0.25) is 0 Å². The highest BCUT2D eigenvalue weighted by Gasteiger charge is 2.19. The van der Waals surface area contributed by atoms with Crippen molar-refractivity contribution < 1.29 is 18.7 Å². The zero-order valence-corrected chi connectivity index (χ0v) is 12.6. The lowest BCUT2D eigenvalue weighted by Crippen LogP contribution is -2.33. The predicted octanol–water partition coefficient (Wildman–Crippen LogP) is 2.44. The molecule has 2 N–H and O–H groups in total. The lowest BCUT2D eigenvalue weighted by molar-refractivity contribution is 0.0229. The molecule has 120 valence electrons. The topological polar surface area (TPSA) is 80.6 Å². The number of benzene rings is 1. The standard InChI is InChI=1S/C17H18N2O4/c20-16(13-6-9-22-11-13)19-14-3-1-2-12(10-14)17(21)23-15-4-7-18-8-5-15/h1-3,6,9-11,15,18H,4-5,7-8H2,(H,19,20). The molecule has 0 spiro atoms. The van der Waals surface area contributed by atoms with Crippen molar-refractivity contribution >= 4 is 17.6 Å². The van der Waals surface area contributed by atoms with Crippen molar-refractivity contribution in [2.75, 3.05) is 18.4 Å². The Balaban J connectivity index is 1.64. The molecular formula is C17H18N2O4. The average Bonchev–Trinajstić information content (AvgIpc) is 3.11. The maximum absolute atomic E-state index is 12.2. The predicted molar refractivity (Wildman–Crippen MR) is 84.4 cm³/mol. The van der Waals surface area contributed by atoms with E-state index in [9.17, 15) is 9.59 Å². The molecule has 1 aliphatic heterocycles. The van der Waals surface area contributed by atoms with Gasteiger partial charge >= 0.3 is 5.97 Å². The van der Waals surface area contributed by atoms with Gasteiger partial charge in [0, 0.05) is 5.69 Å². The fourth-order valence-corrected chi connectivity index (χ4v) is 2.45. The summed E-state index contributed by atoms with van der Waals surface area (Å²) in [5, 5.41) is 5.95. The second kappa shape index (κ2) is 7.11. The van der Waals surface area contributed by atoms with Gasteiger partial charge in [-0.25, -0.2) is 4.79 Å². The average molecular weight is 314 g/mol. The summed E-state index contributed by atoms with van der Waals surface area (Å²) in [5.74, 6) is -0.654. The normalized spacial score (nSPS) is 15.1. The van der Waals surface area contributed by atoms with Crippen LogP contribution in [0, 0.1) is 0 Å². The molecule has 1 aliphatic rings. The Morgan fingerprint density at radius 1 is 1.17 bits per heavy atom. The number of nitrogens with one attached hydrogen (secondary N) is 2. The fraction of sp³-hybridized carbons (Fsp3) is 0.294. The van der Waals surface area contributed by atoms with Crippen LogP contribution < -0.4 is 10.6 Å². The van der Waals surface area contributed by atoms with Gasteiger partial charge in [-0.2, -0.15) is 0 Å². The molecule has 1 aromatic heterocycles. The van der Waals surface area contributed by atoms with E-state index in [1.165, 1.54) is 12.5 Å². The van der Waals surface area contributed by atoms with E-state index in [1.54, 1.807) is 30.3 Å². The van der Waals surface area contributed by atoms with Crippen LogP contribution >= 0.6 is 0 Å². The van der Waals surface area contributed by atoms with Crippen molar-refractivity contribution in [2.24, 2.45) is 0 Å². The van der Waals surface area contributed by atoms with Crippen molar-refractivity contribution in [3.05, 3.63) is 54.0 Å². The lowest BCUT2D eigenvalue weighted by Gasteiger charge is -2.22. The van der Waals surface area contributed by atoms with Gasteiger partial charge in [0.2, 0.25) is 0 Å². The molecule has 1 aromatic carbocycles. The third-order valence-corrected chi connectivity index (χ3v) is 3.70. The summed E-state index contributed by atoms with van der Waals surface area (Å²) in [4.78, 5) is 24.2. The number of rotatable bonds is 4. The van der Waals surface area contributed by atoms with Gasteiger partial charge in [0.1, 0.15) is 12.4 Å². The van der Waals surface area contributed by atoms with Crippen molar-refractivity contribution in [3.63, 3.8) is 0 Å². The summed E-state index contributed by atoms with van der Waals surface area (Å²) in [6, 6.07) is 8.30. The van der Waals surface area contributed by atoms with Crippen LogP contribution in [0.5, 0.6) is 0 Å². The molecule has 0 bridgehead atoms. The summed E-state index contributed by atoms with van der Waals surface area (Å²) in [5.41, 5.74) is 1.39. The smallest absolute Gasteiger partial charge is 0.338 e. The Morgan fingerprint density at radius 2 is 2.00 bits per heavy atom. The van der Waals surface area contributed by atoms with Crippen LogP contribution in [-0.2, 0) is 4.74 Å². The molecule has 0 atom stereocenters. The van der Waals surface area contributed by atoms with Crippen molar-refractivity contribution in [3.8, 4) is 0 Å². The molecule has 1 amide bonds. The fourth-order valence-electron chi connectivity index (χ4n) is 2.45. The van der Waals surface area contributed by atoms with E-state index in [0.29, 0.717) is 16.8 Å². The number of esters is 1. The zero-order chi connectivity index (χ0) is 16.1. The molecule has 0 saturated carbocycles. The molecule has 3 rings (SSSR count). The first-order valence-corrected chi connectivity index (χ1v) is 7.58. The van der Waals surface area contributed by atoms with Crippen LogP contribution in [0.25, 0.3) is 0 Å². The molecule has 0 aliphatic carbocycles.